The number of rotatable bonds is 5. The van der Waals surface area contributed by atoms with Gasteiger partial charge in [0.1, 0.15) is 4.99 Å². The van der Waals surface area contributed by atoms with E-state index in [0.717, 1.165) is 11.1 Å². The van der Waals surface area contributed by atoms with Gasteiger partial charge < -0.3 is 5.73 Å². The molecule has 19 heavy (non-hydrogen) atoms. The van der Waals surface area contributed by atoms with Crippen LogP contribution in [-0.2, 0) is 16.8 Å². The minimum absolute atomic E-state index is 0.211. The van der Waals surface area contributed by atoms with Crippen LogP contribution in [0.15, 0.2) is 24.3 Å². The first-order valence-corrected chi connectivity index (χ1v) is 7.65. The van der Waals surface area contributed by atoms with Gasteiger partial charge in [-0.2, -0.15) is 17.9 Å². The zero-order chi connectivity index (χ0) is 14.7. The van der Waals surface area contributed by atoms with Crippen molar-refractivity contribution in [2.75, 3.05) is 0 Å². The molecule has 0 atom stereocenters. The summed E-state index contributed by atoms with van der Waals surface area (Å²) in [6.07, 6.45) is 0. The summed E-state index contributed by atoms with van der Waals surface area (Å²) in [5.74, 6) is 0. The first-order chi connectivity index (χ1) is 8.59. The van der Waals surface area contributed by atoms with Crippen molar-refractivity contribution in [2.24, 2.45) is 5.73 Å². The Hall–Kier alpha value is -1.02. The molecule has 0 saturated carbocycles. The number of thiocarbonyl (C=S) groups is 1. The van der Waals surface area contributed by atoms with Gasteiger partial charge in [-0.3, -0.25) is 0 Å². The van der Waals surface area contributed by atoms with Crippen LogP contribution in [0.1, 0.15) is 31.9 Å². The molecule has 0 spiro atoms. The molecule has 1 aromatic rings. The highest BCUT2D eigenvalue weighted by Crippen LogP contribution is 2.05. The lowest BCUT2D eigenvalue weighted by Crippen LogP contribution is -2.46. The van der Waals surface area contributed by atoms with Gasteiger partial charge in [0, 0.05) is 17.6 Å². The highest BCUT2D eigenvalue weighted by Gasteiger charge is 2.19. The van der Waals surface area contributed by atoms with E-state index in [4.69, 9.17) is 18.0 Å². The molecule has 0 aliphatic carbocycles. The molecule has 1 aromatic carbocycles. The van der Waals surface area contributed by atoms with Gasteiger partial charge in [0.2, 0.25) is 0 Å². The maximum absolute atomic E-state index is 11.7. The van der Waals surface area contributed by atoms with Crippen molar-refractivity contribution in [3.8, 4) is 0 Å². The maximum atomic E-state index is 11.7. The van der Waals surface area contributed by atoms with Gasteiger partial charge >= 0.3 is 0 Å². The van der Waals surface area contributed by atoms with Crippen LogP contribution >= 0.6 is 12.2 Å². The van der Waals surface area contributed by atoms with Crippen LogP contribution in [-0.4, -0.2) is 18.9 Å². The molecule has 7 heteroatoms. The smallest absolute Gasteiger partial charge is 0.277 e. The van der Waals surface area contributed by atoms with Crippen LogP contribution < -0.4 is 15.2 Å². The Kier molecular flexibility index (Phi) is 5.03. The molecule has 0 fully saturated rings. The Morgan fingerprint density at radius 3 is 2.21 bits per heavy atom. The van der Waals surface area contributed by atoms with Crippen molar-refractivity contribution >= 4 is 27.4 Å². The predicted molar refractivity (Wildman–Crippen MR) is 81.0 cm³/mol. The Balaban J connectivity index is 2.64. The second kappa shape index (κ2) is 5.96. The molecule has 0 radical (unpaired) electrons. The molecule has 106 valence electrons. The number of hydrogen-bond donors (Lipinski definition) is 3. The minimum atomic E-state index is -3.51. The first-order valence-electron chi connectivity index (χ1n) is 5.76. The molecule has 1 rings (SSSR count). The number of benzene rings is 1. The third-order valence-electron chi connectivity index (χ3n) is 2.15. The normalized spacial score (nSPS) is 12.4. The summed E-state index contributed by atoms with van der Waals surface area (Å²) in [4.78, 5) is 0.321. The number of nitrogens with two attached hydrogens (primary N) is 1. The lowest BCUT2D eigenvalue weighted by molar-refractivity contribution is 0.483. The molecule has 4 N–H and O–H groups in total. The Morgan fingerprint density at radius 2 is 1.79 bits per heavy atom. The second-order valence-electron chi connectivity index (χ2n) is 5.24. The average Bonchev–Trinajstić information content (AvgIpc) is 2.24. The van der Waals surface area contributed by atoms with Gasteiger partial charge in [0.05, 0.1) is 0 Å². The SMILES string of the molecule is CC(C)(C)NS(=O)(=O)NCc1ccc(C(N)=S)cc1. The third kappa shape index (κ3) is 6.11. The third-order valence-corrected chi connectivity index (χ3v) is 3.79. The fourth-order valence-corrected chi connectivity index (χ4v) is 2.78. The molecule has 0 heterocycles. The molecule has 0 bridgehead atoms. The van der Waals surface area contributed by atoms with Gasteiger partial charge in [-0.25, -0.2) is 0 Å². The van der Waals surface area contributed by atoms with Crippen LogP contribution in [0.25, 0.3) is 0 Å². The standard InChI is InChI=1S/C12H19N3O2S2/c1-12(2,3)15-19(16,17)14-8-9-4-6-10(7-5-9)11(13)18/h4-7,14-15H,8H2,1-3H3,(H2,13,18). The molecule has 5 nitrogen and oxygen atoms in total. The Morgan fingerprint density at radius 1 is 1.26 bits per heavy atom. The fourth-order valence-electron chi connectivity index (χ4n) is 1.40. The molecular weight excluding hydrogens is 282 g/mol. The Bertz CT molecular complexity index is 545. The van der Waals surface area contributed by atoms with E-state index in [0.29, 0.717) is 4.99 Å². The van der Waals surface area contributed by atoms with Crippen LogP contribution in [0.5, 0.6) is 0 Å². The first kappa shape index (κ1) is 16.0. The van der Waals surface area contributed by atoms with Crippen LogP contribution in [0.4, 0.5) is 0 Å². The number of nitrogens with one attached hydrogen (secondary N) is 2. The van der Waals surface area contributed by atoms with Crippen molar-refractivity contribution in [3.05, 3.63) is 35.4 Å². The second-order valence-corrected chi connectivity index (χ2v) is 7.18. The highest BCUT2D eigenvalue weighted by atomic mass is 32.2. The van der Waals surface area contributed by atoms with Crippen LogP contribution in [0.3, 0.4) is 0 Å². The summed E-state index contributed by atoms with van der Waals surface area (Å²) in [6, 6.07) is 7.11. The van der Waals surface area contributed by atoms with Gasteiger partial charge in [-0.1, -0.05) is 36.5 Å². The highest BCUT2D eigenvalue weighted by molar-refractivity contribution is 7.87. The lowest BCUT2D eigenvalue weighted by atomic mass is 10.1. The topological polar surface area (TPSA) is 84.2 Å². The monoisotopic (exact) mass is 301 g/mol. The van der Waals surface area contributed by atoms with Gasteiger partial charge in [-0.15, -0.1) is 0 Å². The molecular formula is C12H19N3O2S2. The number of hydrogen-bond acceptors (Lipinski definition) is 3. The summed E-state index contributed by atoms with van der Waals surface area (Å²) in [6.45, 7) is 5.55. The van der Waals surface area contributed by atoms with E-state index in [9.17, 15) is 8.42 Å². The molecule has 0 unspecified atom stereocenters. The zero-order valence-corrected chi connectivity index (χ0v) is 12.9. The van der Waals surface area contributed by atoms with Crippen molar-refractivity contribution in [3.63, 3.8) is 0 Å². The predicted octanol–water partition coefficient (Wildman–Crippen LogP) is 1.04. The molecule has 0 aliphatic heterocycles. The largest absolute Gasteiger partial charge is 0.389 e. The van der Waals surface area contributed by atoms with Crippen molar-refractivity contribution < 1.29 is 8.42 Å². The molecule has 0 aromatic heterocycles. The van der Waals surface area contributed by atoms with E-state index in [1.807, 2.05) is 0 Å². The quantitative estimate of drug-likeness (QED) is 0.710. The van der Waals surface area contributed by atoms with Gasteiger partial charge in [-0.05, 0) is 26.3 Å². The van der Waals surface area contributed by atoms with Crippen LogP contribution in [0, 0.1) is 0 Å². The molecule has 0 saturated heterocycles. The van der Waals surface area contributed by atoms with E-state index < -0.39 is 15.7 Å². The summed E-state index contributed by atoms with van der Waals surface area (Å²) in [5.41, 5.74) is 6.57. The zero-order valence-electron chi connectivity index (χ0n) is 11.2. The lowest BCUT2D eigenvalue weighted by Gasteiger charge is -2.20. The summed E-state index contributed by atoms with van der Waals surface area (Å²) < 4.78 is 28.5. The van der Waals surface area contributed by atoms with E-state index >= 15 is 0 Å². The van der Waals surface area contributed by atoms with Crippen molar-refractivity contribution in [1.29, 1.82) is 0 Å². The fraction of sp³-hybridized carbons (Fsp3) is 0.417. The molecule has 0 aliphatic rings. The molecule has 0 amide bonds. The maximum Gasteiger partial charge on any atom is 0.277 e. The van der Waals surface area contributed by atoms with E-state index in [1.165, 1.54) is 0 Å². The van der Waals surface area contributed by atoms with E-state index in [-0.39, 0.29) is 6.54 Å². The van der Waals surface area contributed by atoms with E-state index in [2.05, 4.69) is 9.44 Å². The van der Waals surface area contributed by atoms with Crippen molar-refractivity contribution in [2.45, 2.75) is 32.9 Å². The Labute approximate surface area is 119 Å². The van der Waals surface area contributed by atoms with Gasteiger partial charge in [0.15, 0.2) is 0 Å². The minimum Gasteiger partial charge on any atom is -0.389 e. The van der Waals surface area contributed by atoms with Crippen molar-refractivity contribution in [1.82, 2.24) is 9.44 Å². The van der Waals surface area contributed by atoms with Gasteiger partial charge in [0.25, 0.3) is 10.2 Å². The summed E-state index contributed by atoms with van der Waals surface area (Å²) in [7, 11) is -3.51. The van der Waals surface area contributed by atoms with Crippen LogP contribution in [0.2, 0.25) is 0 Å². The summed E-state index contributed by atoms with van der Waals surface area (Å²) >= 11 is 4.85. The summed E-state index contributed by atoms with van der Waals surface area (Å²) in [5, 5.41) is 0. The average molecular weight is 301 g/mol. The van der Waals surface area contributed by atoms with E-state index in [1.54, 1.807) is 45.0 Å².